The van der Waals surface area contributed by atoms with Crippen molar-refractivity contribution in [1.82, 2.24) is 0 Å². The average molecular weight is 545 g/mol. The highest BCUT2D eigenvalue weighted by molar-refractivity contribution is 6.05. The van der Waals surface area contributed by atoms with Crippen LogP contribution in [0.4, 0.5) is 11.4 Å². The third-order valence-electron chi connectivity index (χ3n) is 8.44. The topological polar surface area (TPSA) is 49.4 Å². The molecule has 0 radical (unpaired) electrons. The standard InChI is InChI=1S/C37H40N2O2/c1-25(40)39-33-22-21-31(23-32(33)37(7,24-36(39,5)6)30-11-9-8-10-12-30)38-34(41)28-15-13-26(14-16-28)27-17-19-29(20-18-27)35(2,3)4/h8-23H,24H2,1-7H3,(H,38,41). The molecule has 2 amide bonds. The van der Waals surface area contributed by atoms with E-state index in [0.29, 0.717) is 11.3 Å². The van der Waals surface area contributed by atoms with Gasteiger partial charge >= 0.3 is 0 Å². The van der Waals surface area contributed by atoms with E-state index in [-0.39, 0.29) is 28.2 Å². The lowest BCUT2D eigenvalue weighted by molar-refractivity contribution is -0.117. The first-order chi connectivity index (χ1) is 19.3. The van der Waals surface area contributed by atoms with Crippen LogP contribution in [0.3, 0.4) is 0 Å². The maximum absolute atomic E-state index is 13.3. The number of nitrogens with one attached hydrogen (secondary N) is 1. The smallest absolute Gasteiger partial charge is 0.255 e. The number of rotatable bonds is 4. The number of hydrogen-bond acceptors (Lipinski definition) is 2. The molecule has 1 N–H and O–H groups in total. The zero-order valence-corrected chi connectivity index (χ0v) is 25.2. The molecule has 0 aliphatic carbocycles. The first-order valence-electron chi connectivity index (χ1n) is 14.3. The summed E-state index contributed by atoms with van der Waals surface area (Å²) in [7, 11) is 0. The van der Waals surface area contributed by atoms with Gasteiger partial charge in [-0.25, -0.2) is 0 Å². The fourth-order valence-electron chi connectivity index (χ4n) is 6.46. The van der Waals surface area contributed by atoms with E-state index in [1.807, 2.05) is 53.4 Å². The van der Waals surface area contributed by atoms with Crippen LogP contribution in [-0.2, 0) is 15.6 Å². The summed E-state index contributed by atoms with van der Waals surface area (Å²) in [6, 6.07) is 32.7. The predicted octanol–water partition coefficient (Wildman–Crippen LogP) is 8.74. The van der Waals surface area contributed by atoms with Crippen LogP contribution in [0.5, 0.6) is 0 Å². The number of hydrogen-bond donors (Lipinski definition) is 1. The lowest BCUT2D eigenvalue weighted by Crippen LogP contribution is -2.55. The van der Waals surface area contributed by atoms with Crippen LogP contribution in [0.2, 0.25) is 0 Å². The van der Waals surface area contributed by atoms with E-state index in [1.54, 1.807) is 6.92 Å². The minimum absolute atomic E-state index is 0.0104. The van der Waals surface area contributed by atoms with Crippen molar-refractivity contribution in [3.05, 3.63) is 119 Å². The lowest BCUT2D eigenvalue weighted by atomic mass is 9.65. The number of benzene rings is 4. The normalized spacial score (nSPS) is 18.0. The van der Waals surface area contributed by atoms with Gasteiger partial charge in [0.25, 0.3) is 5.91 Å². The van der Waals surface area contributed by atoms with Crippen LogP contribution in [0.25, 0.3) is 11.1 Å². The van der Waals surface area contributed by atoms with Crippen LogP contribution in [0.15, 0.2) is 97.1 Å². The summed E-state index contributed by atoms with van der Waals surface area (Å²) in [6.07, 6.45) is 0.756. The molecule has 0 saturated heterocycles. The van der Waals surface area contributed by atoms with Gasteiger partial charge in [-0.3, -0.25) is 9.59 Å². The van der Waals surface area contributed by atoms with Crippen molar-refractivity contribution in [2.24, 2.45) is 0 Å². The van der Waals surface area contributed by atoms with Crippen LogP contribution in [0, 0.1) is 0 Å². The molecule has 1 unspecified atom stereocenters. The molecule has 4 aromatic rings. The molecule has 4 aromatic carbocycles. The molecule has 1 aliphatic heterocycles. The largest absolute Gasteiger partial charge is 0.322 e. The van der Waals surface area contributed by atoms with Crippen LogP contribution >= 0.6 is 0 Å². The zero-order chi connectivity index (χ0) is 29.6. The monoisotopic (exact) mass is 544 g/mol. The summed E-state index contributed by atoms with van der Waals surface area (Å²) >= 11 is 0. The Bertz CT molecular complexity index is 1580. The number of fused-ring (bicyclic) bond motifs is 1. The fraction of sp³-hybridized carbons (Fsp3) is 0.297. The van der Waals surface area contributed by atoms with E-state index in [0.717, 1.165) is 28.8 Å². The lowest BCUT2D eigenvalue weighted by Gasteiger charge is -2.51. The average Bonchev–Trinajstić information content (AvgIpc) is 2.93. The van der Waals surface area contributed by atoms with E-state index < -0.39 is 0 Å². The predicted molar refractivity (Wildman–Crippen MR) is 170 cm³/mol. The summed E-state index contributed by atoms with van der Waals surface area (Å²) < 4.78 is 0. The summed E-state index contributed by atoms with van der Waals surface area (Å²) in [4.78, 5) is 28.0. The van der Waals surface area contributed by atoms with E-state index in [1.165, 1.54) is 11.1 Å². The Labute approximate surface area is 244 Å². The number of carbonyl (C=O) groups is 2. The molecule has 1 aliphatic rings. The second-order valence-electron chi connectivity index (χ2n) is 13.1. The first-order valence-corrected chi connectivity index (χ1v) is 14.3. The second-order valence-corrected chi connectivity index (χ2v) is 13.1. The van der Waals surface area contributed by atoms with Crippen molar-refractivity contribution in [3.63, 3.8) is 0 Å². The van der Waals surface area contributed by atoms with Crippen LogP contribution in [0.1, 0.15) is 81.9 Å². The van der Waals surface area contributed by atoms with Crippen molar-refractivity contribution in [2.45, 2.75) is 71.3 Å². The third kappa shape index (κ3) is 5.44. The van der Waals surface area contributed by atoms with Crippen molar-refractivity contribution in [3.8, 4) is 11.1 Å². The molecular formula is C37H40N2O2. The van der Waals surface area contributed by atoms with E-state index in [9.17, 15) is 9.59 Å². The van der Waals surface area contributed by atoms with Gasteiger partial charge in [-0.2, -0.15) is 0 Å². The molecule has 0 spiro atoms. The van der Waals surface area contributed by atoms with E-state index in [2.05, 4.69) is 95.4 Å². The molecule has 0 saturated carbocycles. The number of anilines is 2. The van der Waals surface area contributed by atoms with Gasteiger partial charge < -0.3 is 10.2 Å². The Morgan fingerprint density at radius 2 is 1.37 bits per heavy atom. The minimum atomic E-state index is -0.372. The van der Waals surface area contributed by atoms with E-state index >= 15 is 0 Å². The van der Waals surface area contributed by atoms with E-state index in [4.69, 9.17) is 0 Å². The highest BCUT2D eigenvalue weighted by Crippen LogP contribution is 2.51. The Morgan fingerprint density at radius 3 is 1.93 bits per heavy atom. The molecule has 0 bridgehead atoms. The van der Waals surface area contributed by atoms with Crippen molar-refractivity contribution >= 4 is 23.2 Å². The SMILES string of the molecule is CC(=O)N1c2ccc(NC(=O)c3ccc(-c4ccc(C(C)(C)C)cc4)cc3)cc2C(C)(c2ccccc2)CC1(C)C. The van der Waals surface area contributed by atoms with Gasteiger partial charge in [-0.05, 0) is 83.8 Å². The number of nitrogens with zero attached hydrogens (tertiary/aromatic N) is 1. The Morgan fingerprint density at radius 1 is 0.780 bits per heavy atom. The molecule has 0 aromatic heterocycles. The van der Waals surface area contributed by atoms with Gasteiger partial charge in [-0.15, -0.1) is 0 Å². The van der Waals surface area contributed by atoms with Gasteiger partial charge in [0.05, 0.1) is 0 Å². The second kappa shape index (κ2) is 10.3. The third-order valence-corrected chi connectivity index (χ3v) is 8.44. The molecule has 1 heterocycles. The van der Waals surface area contributed by atoms with Gasteiger partial charge in [0.1, 0.15) is 0 Å². The zero-order valence-electron chi connectivity index (χ0n) is 25.2. The van der Waals surface area contributed by atoms with Crippen molar-refractivity contribution < 1.29 is 9.59 Å². The van der Waals surface area contributed by atoms with Gasteiger partial charge in [-0.1, -0.05) is 94.4 Å². The highest BCUT2D eigenvalue weighted by Gasteiger charge is 2.47. The van der Waals surface area contributed by atoms with Crippen molar-refractivity contribution in [2.75, 3.05) is 10.2 Å². The minimum Gasteiger partial charge on any atom is -0.322 e. The molecule has 4 nitrogen and oxygen atoms in total. The Balaban J connectivity index is 1.44. The number of amides is 2. The summed E-state index contributed by atoms with van der Waals surface area (Å²) in [5, 5.41) is 3.10. The van der Waals surface area contributed by atoms with Crippen LogP contribution in [-0.4, -0.2) is 17.4 Å². The molecule has 5 rings (SSSR count). The summed E-state index contributed by atoms with van der Waals surface area (Å²) in [5.41, 5.74) is 7.30. The highest BCUT2D eigenvalue weighted by atomic mass is 16.2. The molecule has 4 heteroatoms. The van der Waals surface area contributed by atoms with Crippen LogP contribution < -0.4 is 10.2 Å². The van der Waals surface area contributed by atoms with Gasteiger partial charge in [0, 0.05) is 34.8 Å². The fourth-order valence-corrected chi connectivity index (χ4v) is 6.46. The molecule has 210 valence electrons. The van der Waals surface area contributed by atoms with Gasteiger partial charge in [0.2, 0.25) is 5.91 Å². The molecule has 1 atom stereocenters. The molecule has 41 heavy (non-hydrogen) atoms. The summed E-state index contributed by atoms with van der Waals surface area (Å²) in [6.45, 7) is 14.7. The Hall–Kier alpha value is -4.18. The van der Waals surface area contributed by atoms with Crippen molar-refractivity contribution in [1.29, 1.82) is 0 Å². The quantitative estimate of drug-likeness (QED) is 0.279. The molecular weight excluding hydrogens is 504 g/mol. The molecule has 0 fully saturated rings. The van der Waals surface area contributed by atoms with Gasteiger partial charge in [0.15, 0.2) is 0 Å². The summed E-state index contributed by atoms with van der Waals surface area (Å²) in [5.74, 6) is -0.156. The number of carbonyl (C=O) groups excluding carboxylic acids is 2. The Kier molecular flexibility index (Phi) is 7.15. The first kappa shape index (κ1) is 28.4. The maximum atomic E-state index is 13.3. The maximum Gasteiger partial charge on any atom is 0.255 e.